The van der Waals surface area contributed by atoms with E-state index in [-0.39, 0.29) is 34.1 Å². The van der Waals surface area contributed by atoms with Crippen LogP contribution < -0.4 is 0 Å². The van der Waals surface area contributed by atoms with Crippen molar-refractivity contribution >= 4 is 5.97 Å². The number of carbonyl (C=O) groups is 1. The van der Waals surface area contributed by atoms with Gasteiger partial charge in [0.1, 0.15) is 17.3 Å². The zero-order valence-electron chi connectivity index (χ0n) is 21.9. The predicted molar refractivity (Wildman–Crippen MR) is 128 cm³/mol. The maximum atomic E-state index is 12.3. The van der Waals surface area contributed by atoms with Crippen LogP contribution >= 0.6 is 0 Å². The summed E-state index contributed by atoms with van der Waals surface area (Å²) >= 11 is 0. The molecule has 3 nitrogen and oxygen atoms in total. The summed E-state index contributed by atoms with van der Waals surface area (Å²) in [4.78, 5) is 12.3. The summed E-state index contributed by atoms with van der Waals surface area (Å²) in [6, 6.07) is 0. The minimum absolute atomic E-state index is 0.00112. The first-order chi connectivity index (χ1) is 15.0. The van der Waals surface area contributed by atoms with Crippen LogP contribution in [0, 0.1) is 39.9 Å². The number of carbonyl (C=O) groups excluding carboxylic acids is 1. The van der Waals surface area contributed by atoms with Crippen LogP contribution in [-0.2, 0) is 14.3 Å². The molecule has 2 heterocycles. The summed E-state index contributed by atoms with van der Waals surface area (Å²) in [5, 5.41) is 0. The van der Waals surface area contributed by atoms with Crippen molar-refractivity contribution in [3.8, 4) is 0 Å². The Bertz CT molecular complexity index is 776. The summed E-state index contributed by atoms with van der Waals surface area (Å²) in [6.07, 6.45) is 13.1. The molecule has 3 aliphatic carbocycles. The van der Waals surface area contributed by atoms with Crippen molar-refractivity contribution < 1.29 is 14.3 Å². The van der Waals surface area contributed by atoms with Crippen molar-refractivity contribution in [3.63, 3.8) is 0 Å². The van der Waals surface area contributed by atoms with E-state index in [1.165, 1.54) is 44.9 Å². The third kappa shape index (κ3) is 2.67. The molecule has 0 spiro atoms. The molecular weight excluding hydrogens is 396 g/mol. The first-order valence-electron chi connectivity index (χ1n) is 13.9. The van der Waals surface area contributed by atoms with E-state index < -0.39 is 0 Å². The lowest BCUT2D eigenvalue weighted by Gasteiger charge is -2.60. The Morgan fingerprint density at radius 3 is 2.38 bits per heavy atom. The number of epoxide rings is 1. The van der Waals surface area contributed by atoms with E-state index in [0.29, 0.717) is 17.8 Å². The number of hydrogen-bond acceptors (Lipinski definition) is 3. The zero-order valence-corrected chi connectivity index (χ0v) is 21.9. The number of ether oxygens (including phenoxy) is 2. The van der Waals surface area contributed by atoms with Crippen LogP contribution in [-0.4, -0.2) is 23.3 Å². The van der Waals surface area contributed by atoms with Crippen LogP contribution in [0.5, 0.6) is 0 Å². The molecular formula is C29H48O3. The maximum Gasteiger partial charge on any atom is 0.306 e. The van der Waals surface area contributed by atoms with E-state index >= 15 is 0 Å². The van der Waals surface area contributed by atoms with E-state index in [1.54, 1.807) is 0 Å². The maximum absolute atomic E-state index is 12.3. The fourth-order valence-electron chi connectivity index (χ4n) is 10.3. The average molecular weight is 445 g/mol. The molecule has 0 bridgehead atoms. The minimum Gasteiger partial charge on any atom is -0.462 e. The molecule has 3 heteroatoms. The Balaban J connectivity index is 1.44. The molecule has 32 heavy (non-hydrogen) atoms. The SMILES string of the molecule is CC(C)CCC[C@H](C)[C@H]1CC[C@@]2(C)[C@@]34CC[C@H]5[C@H](C)OC(=O)CC[C@]5(C)[C@]3(CC[C@]12C)O4. The second kappa shape index (κ2) is 7.22. The molecule has 5 aliphatic rings. The van der Waals surface area contributed by atoms with Gasteiger partial charge < -0.3 is 9.47 Å². The van der Waals surface area contributed by atoms with E-state index in [2.05, 4.69) is 48.5 Å². The van der Waals surface area contributed by atoms with Gasteiger partial charge in [-0.25, -0.2) is 0 Å². The number of hydrogen-bond donors (Lipinski definition) is 0. The van der Waals surface area contributed by atoms with E-state index in [9.17, 15) is 4.79 Å². The molecule has 182 valence electrons. The summed E-state index contributed by atoms with van der Waals surface area (Å²) in [7, 11) is 0. The summed E-state index contributed by atoms with van der Waals surface area (Å²) in [5.74, 6) is 2.87. The monoisotopic (exact) mass is 444 g/mol. The molecule has 0 amide bonds. The van der Waals surface area contributed by atoms with Crippen LogP contribution in [0.1, 0.15) is 119 Å². The fraction of sp³-hybridized carbons (Fsp3) is 0.966. The largest absolute Gasteiger partial charge is 0.462 e. The highest BCUT2D eigenvalue weighted by Gasteiger charge is 2.89. The molecule has 0 unspecified atom stereocenters. The molecule has 0 aromatic carbocycles. The highest BCUT2D eigenvalue weighted by Crippen LogP contribution is 2.85. The molecule has 0 N–H and O–H groups in total. The molecule has 5 fully saturated rings. The Morgan fingerprint density at radius 1 is 0.906 bits per heavy atom. The third-order valence-corrected chi connectivity index (χ3v) is 12.3. The Morgan fingerprint density at radius 2 is 1.66 bits per heavy atom. The van der Waals surface area contributed by atoms with Crippen molar-refractivity contribution in [2.75, 3.05) is 0 Å². The smallest absolute Gasteiger partial charge is 0.306 e. The number of fused-ring (bicyclic) bond motifs is 2. The van der Waals surface area contributed by atoms with Gasteiger partial charge in [-0.05, 0) is 75.0 Å². The molecule has 9 atom stereocenters. The Labute approximate surface area is 196 Å². The highest BCUT2D eigenvalue weighted by molar-refractivity contribution is 5.70. The van der Waals surface area contributed by atoms with Crippen molar-refractivity contribution in [2.45, 2.75) is 136 Å². The molecule has 0 radical (unpaired) electrons. The van der Waals surface area contributed by atoms with E-state index in [1.807, 2.05) is 0 Å². The van der Waals surface area contributed by atoms with Gasteiger partial charge in [0, 0.05) is 23.2 Å². The summed E-state index contributed by atoms with van der Waals surface area (Å²) < 4.78 is 13.0. The van der Waals surface area contributed by atoms with Crippen LogP contribution in [0.15, 0.2) is 0 Å². The highest BCUT2D eigenvalue weighted by atomic mass is 16.6. The quantitative estimate of drug-likeness (QED) is 0.329. The molecule has 3 saturated carbocycles. The lowest BCUT2D eigenvalue weighted by Crippen LogP contribution is -2.63. The van der Waals surface area contributed by atoms with Gasteiger partial charge in [0.25, 0.3) is 0 Å². The molecule has 0 aromatic rings. The summed E-state index contributed by atoms with van der Waals surface area (Å²) in [5.41, 5.74) is 0.675. The predicted octanol–water partition coefficient (Wildman–Crippen LogP) is 7.31. The standard InChI is InChI=1S/C29H48O3/c1-19(2)9-8-10-20(3)22-11-15-27(7)25(22,5)17-18-28-26(6)14-13-24(30)31-21(4)23(26)12-16-29(27,28)32-28/h19-23H,8-18H2,1-7H3/t20-,21-,22+,23-,25+,26-,27+,28-,29-/m0/s1. The average Bonchev–Trinajstić information content (AvgIpc) is 3.37. The first-order valence-corrected chi connectivity index (χ1v) is 13.9. The van der Waals surface area contributed by atoms with Gasteiger partial charge in [-0.3, -0.25) is 4.79 Å². The number of rotatable bonds is 5. The second-order valence-electron chi connectivity index (χ2n) is 13.7. The van der Waals surface area contributed by atoms with E-state index in [0.717, 1.165) is 37.0 Å². The van der Waals surface area contributed by atoms with Gasteiger partial charge in [-0.2, -0.15) is 0 Å². The molecule has 2 aliphatic heterocycles. The number of esters is 1. The van der Waals surface area contributed by atoms with E-state index in [4.69, 9.17) is 9.47 Å². The lowest BCUT2D eigenvalue weighted by atomic mass is 9.41. The van der Waals surface area contributed by atoms with Crippen molar-refractivity contribution in [1.29, 1.82) is 0 Å². The summed E-state index contributed by atoms with van der Waals surface area (Å²) in [6.45, 7) is 17.1. The van der Waals surface area contributed by atoms with Gasteiger partial charge in [0.05, 0.1) is 0 Å². The fourth-order valence-corrected chi connectivity index (χ4v) is 10.3. The Hall–Kier alpha value is -0.570. The second-order valence-corrected chi connectivity index (χ2v) is 13.7. The van der Waals surface area contributed by atoms with Crippen LogP contribution in [0.2, 0.25) is 0 Å². The van der Waals surface area contributed by atoms with Gasteiger partial charge >= 0.3 is 5.97 Å². The Kier molecular flexibility index (Phi) is 5.23. The van der Waals surface area contributed by atoms with Gasteiger partial charge in [0.15, 0.2) is 0 Å². The van der Waals surface area contributed by atoms with Crippen LogP contribution in [0.4, 0.5) is 0 Å². The number of cyclic esters (lactones) is 1. The first kappa shape index (κ1) is 23.2. The van der Waals surface area contributed by atoms with Gasteiger partial charge in [0.2, 0.25) is 0 Å². The van der Waals surface area contributed by atoms with Gasteiger partial charge in [-0.1, -0.05) is 60.8 Å². The topological polar surface area (TPSA) is 38.8 Å². The van der Waals surface area contributed by atoms with Crippen molar-refractivity contribution in [2.24, 2.45) is 39.9 Å². The van der Waals surface area contributed by atoms with Crippen LogP contribution in [0.3, 0.4) is 0 Å². The molecule has 5 rings (SSSR count). The van der Waals surface area contributed by atoms with Crippen molar-refractivity contribution in [1.82, 2.24) is 0 Å². The van der Waals surface area contributed by atoms with Crippen molar-refractivity contribution in [3.05, 3.63) is 0 Å². The molecule has 0 aromatic heterocycles. The molecule has 2 saturated heterocycles. The van der Waals surface area contributed by atoms with Gasteiger partial charge in [-0.15, -0.1) is 0 Å². The lowest BCUT2D eigenvalue weighted by molar-refractivity contribution is -0.151. The normalized spacial score (nSPS) is 52.9. The minimum atomic E-state index is -0.0326. The zero-order chi connectivity index (χ0) is 23.2. The third-order valence-electron chi connectivity index (χ3n) is 12.3. The van der Waals surface area contributed by atoms with Crippen LogP contribution in [0.25, 0.3) is 0 Å².